The smallest absolute Gasteiger partial charge is 0.407 e. The second-order valence-electron chi connectivity index (χ2n) is 6.56. The highest BCUT2D eigenvalue weighted by Crippen LogP contribution is 2.15. The van der Waals surface area contributed by atoms with Crippen LogP contribution in [0, 0.1) is 5.92 Å². The van der Waals surface area contributed by atoms with Crippen molar-refractivity contribution < 1.29 is 24.5 Å². The fraction of sp³-hybridized carbons (Fsp3) is 0.733. The van der Waals surface area contributed by atoms with E-state index in [1.54, 1.807) is 20.8 Å². The SMILES string of the molecule is C=C(C[C@H](O)[C@H](CC(C)C)NC(=O)OC(C)(C)C)C(=O)O. The van der Waals surface area contributed by atoms with Crippen molar-refractivity contribution in [3.05, 3.63) is 12.2 Å². The maximum Gasteiger partial charge on any atom is 0.407 e. The maximum absolute atomic E-state index is 11.8. The number of aliphatic hydroxyl groups excluding tert-OH is 1. The van der Waals surface area contributed by atoms with Crippen molar-refractivity contribution in [1.82, 2.24) is 5.32 Å². The molecule has 0 saturated carbocycles. The average molecular weight is 301 g/mol. The number of aliphatic carboxylic acids is 1. The monoisotopic (exact) mass is 301 g/mol. The van der Waals surface area contributed by atoms with Crippen LogP contribution in [0.2, 0.25) is 0 Å². The number of aliphatic hydroxyl groups is 1. The van der Waals surface area contributed by atoms with Gasteiger partial charge in [-0.25, -0.2) is 9.59 Å². The molecule has 0 fully saturated rings. The fourth-order valence-electron chi connectivity index (χ4n) is 1.76. The summed E-state index contributed by atoms with van der Waals surface area (Å²) >= 11 is 0. The lowest BCUT2D eigenvalue weighted by Gasteiger charge is -2.27. The van der Waals surface area contributed by atoms with Gasteiger partial charge in [0.15, 0.2) is 0 Å². The van der Waals surface area contributed by atoms with Crippen LogP contribution in [0.15, 0.2) is 12.2 Å². The first-order valence-corrected chi connectivity index (χ1v) is 7.01. The normalized spacial score (nSPS) is 14.4. The summed E-state index contributed by atoms with van der Waals surface area (Å²) in [5.41, 5.74) is -0.732. The molecule has 6 heteroatoms. The van der Waals surface area contributed by atoms with Gasteiger partial charge in [-0.2, -0.15) is 0 Å². The molecule has 0 aromatic rings. The van der Waals surface area contributed by atoms with Crippen LogP contribution in [-0.4, -0.2) is 40.0 Å². The molecule has 0 rings (SSSR count). The van der Waals surface area contributed by atoms with E-state index in [-0.39, 0.29) is 17.9 Å². The van der Waals surface area contributed by atoms with Gasteiger partial charge in [0, 0.05) is 12.0 Å². The van der Waals surface area contributed by atoms with Crippen molar-refractivity contribution in [3.8, 4) is 0 Å². The minimum Gasteiger partial charge on any atom is -0.478 e. The molecule has 0 bridgehead atoms. The summed E-state index contributed by atoms with van der Waals surface area (Å²) < 4.78 is 5.15. The topological polar surface area (TPSA) is 95.9 Å². The van der Waals surface area contributed by atoms with Gasteiger partial charge < -0.3 is 20.3 Å². The Labute approximate surface area is 126 Å². The van der Waals surface area contributed by atoms with Crippen molar-refractivity contribution in [2.75, 3.05) is 0 Å². The van der Waals surface area contributed by atoms with Crippen molar-refractivity contribution >= 4 is 12.1 Å². The predicted octanol–water partition coefficient (Wildman–Crippen LogP) is 2.32. The van der Waals surface area contributed by atoms with Crippen LogP contribution in [0.1, 0.15) is 47.5 Å². The molecule has 0 unspecified atom stereocenters. The summed E-state index contributed by atoms with van der Waals surface area (Å²) in [7, 11) is 0. The second kappa shape index (κ2) is 8.02. The number of carboxylic acids is 1. The summed E-state index contributed by atoms with van der Waals surface area (Å²) in [5.74, 6) is -0.938. The lowest BCUT2D eigenvalue weighted by molar-refractivity contribution is -0.133. The summed E-state index contributed by atoms with van der Waals surface area (Å²) in [4.78, 5) is 22.6. The van der Waals surface area contributed by atoms with Gasteiger partial charge >= 0.3 is 12.1 Å². The largest absolute Gasteiger partial charge is 0.478 e. The Bertz CT molecular complexity index is 384. The third-order valence-electron chi connectivity index (χ3n) is 2.65. The number of rotatable bonds is 7. The van der Waals surface area contributed by atoms with Gasteiger partial charge in [0.2, 0.25) is 0 Å². The van der Waals surface area contributed by atoms with Gasteiger partial charge in [0.1, 0.15) is 5.60 Å². The zero-order chi connectivity index (χ0) is 16.8. The summed E-state index contributed by atoms with van der Waals surface area (Å²) in [6, 6.07) is -0.587. The molecule has 0 aliphatic heterocycles. The van der Waals surface area contributed by atoms with Crippen molar-refractivity contribution in [3.63, 3.8) is 0 Å². The highest BCUT2D eigenvalue weighted by atomic mass is 16.6. The quantitative estimate of drug-likeness (QED) is 0.627. The second-order valence-corrected chi connectivity index (χ2v) is 6.56. The van der Waals surface area contributed by atoms with Crippen molar-refractivity contribution in [2.24, 2.45) is 5.92 Å². The van der Waals surface area contributed by atoms with E-state index in [1.165, 1.54) is 0 Å². The number of ether oxygens (including phenoxy) is 1. The van der Waals surface area contributed by atoms with Crippen LogP contribution in [0.3, 0.4) is 0 Å². The number of hydrogen-bond donors (Lipinski definition) is 3. The van der Waals surface area contributed by atoms with Crippen molar-refractivity contribution in [2.45, 2.75) is 65.2 Å². The van der Waals surface area contributed by atoms with Gasteiger partial charge in [-0.15, -0.1) is 0 Å². The van der Waals surface area contributed by atoms with Crippen molar-refractivity contribution in [1.29, 1.82) is 0 Å². The number of carbonyl (C=O) groups is 2. The van der Waals surface area contributed by atoms with Crippen LogP contribution in [-0.2, 0) is 9.53 Å². The molecule has 122 valence electrons. The lowest BCUT2D eigenvalue weighted by atomic mass is 9.95. The summed E-state index contributed by atoms with van der Waals surface area (Å²) in [6.45, 7) is 12.5. The minimum atomic E-state index is -1.16. The molecule has 0 aromatic carbocycles. The Kier molecular flexibility index (Phi) is 7.43. The Balaban J connectivity index is 4.75. The van der Waals surface area contributed by atoms with Crippen LogP contribution >= 0.6 is 0 Å². The first-order valence-electron chi connectivity index (χ1n) is 7.01. The lowest BCUT2D eigenvalue weighted by Crippen LogP contribution is -2.46. The molecule has 21 heavy (non-hydrogen) atoms. The average Bonchev–Trinajstić information content (AvgIpc) is 2.24. The number of alkyl carbamates (subject to hydrolysis) is 1. The van der Waals surface area contributed by atoms with Crippen LogP contribution in [0.25, 0.3) is 0 Å². The maximum atomic E-state index is 11.8. The van der Waals surface area contributed by atoms with Gasteiger partial charge in [-0.1, -0.05) is 20.4 Å². The standard InChI is InChI=1S/C15H27NO5/c1-9(2)7-11(12(17)8-10(3)13(18)19)16-14(20)21-15(4,5)6/h9,11-12,17H,3,7-8H2,1-2,4-6H3,(H,16,20)(H,18,19)/t11-,12-/m0/s1. The molecular formula is C15H27NO5. The van der Waals surface area contributed by atoms with E-state index in [9.17, 15) is 14.7 Å². The highest BCUT2D eigenvalue weighted by molar-refractivity contribution is 5.85. The third kappa shape index (κ3) is 9.07. The Morgan fingerprint density at radius 2 is 1.81 bits per heavy atom. The van der Waals surface area contributed by atoms with E-state index in [2.05, 4.69) is 11.9 Å². The number of carboxylic acid groups (broad SMARTS) is 1. The number of hydrogen-bond acceptors (Lipinski definition) is 4. The zero-order valence-electron chi connectivity index (χ0n) is 13.5. The molecule has 0 heterocycles. The third-order valence-corrected chi connectivity index (χ3v) is 2.65. The number of amides is 1. The Hall–Kier alpha value is -1.56. The molecule has 0 radical (unpaired) electrons. The number of carbonyl (C=O) groups excluding carboxylic acids is 1. The molecule has 1 amide bonds. The molecule has 0 saturated heterocycles. The first kappa shape index (κ1) is 19.4. The van der Waals surface area contributed by atoms with Crippen LogP contribution in [0.5, 0.6) is 0 Å². The molecule has 2 atom stereocenters. The Morgan fingerprint density at radius 1 is 1.29 bits per heavy atom. The van der Waals surface area contributed by atoms with Gasteiger partial charge in [0.25, 0.3) is 0 Å². The summed E-state index contributed by atoms with van der Waals surface area (Å²) in [6.07, 6.45) is -1.26. The molecule has 6 nitrogen and oxygen atoms in total. The molecule has 0 aliphatic rings. The van der Waals surface area contributed by atoms with Gasteiger partial charge in [0.05, 0.1) is 12.1 Å². The zero-order valence-corrected chi connectivity index (χ0v) is 13.5. The fourth-order valence-corrected chi connectivity index (χ4v) is 1.76. The molecular weight excluding hydrogens is 274 g/mol. The van der Waals surface area contributed by atoms with Gasteiger partial charge in [-0.05, 0) is 33.1 Å². The number of nitrogens with one attached hydrogen (secondary N) is 1. The van der Waals surface area contributed by atoms with E-state index in [4.69, 9.17) is 9.84 Å². The van der Waals surface area contributed by atoms with Crippen LogP contribution in [0.4, 0.5) is 4.79 Å². The Morgan fingerprint density at radius 3 is 2.19 bits per heavy atom. The highest BCUT2D eigenvalue weighted by Gasteiger charge is 2.26. The van der Waals surface area contributed by atoms with E-state index >= 15 is 0 Å². The molecule has 0 aliphatic carbocycles. The first-order chi connectivity index (χ1) is 9.42. The molecule has 3 N–H and O–H groups in total. The van der Waals surface area contributed by atoms with E-state index < -0.39 is 29.8 Å². The van der Waals surface area contributed by atoms with E-state index in [0.717, 1.165) is 0 Å². The predicted molar refractivity (Wildman–Crippen MR) is 80.0 cm³/mol. The molecule has 0 spiro atoms. The molecule has 0 aromatic heterocycles. The van der Waals surface area contributed by atoms with E-state index in [1.807, 2.05) is 13.8 Å². The summed E-state index contributed by atoms with van der Waals surface area (Å²) in [5, 5.41) is 21.5. The minimum absolute atomic E-state index is 0.0951. The van der Waals surface area contributed by atoms with Crippen LogP contribution < -0.4 is 5.32 Å². The van der Waals surface area contributed by atoms with E-state index in [0.29, 0.717) is 6.42 Å². The van der Waals surface area contributed by atoms with Gasteiger partial charge in [-0.3, -0.25) is 0 Å².